The molecule has 0 bridgehead atoms. The molecule has 1 saturated heterocycles. The van der Waals surface area contributed by atoms with Crippen LogP contribution in [0.1, 0.15) is 18.4 Å². The van der Waals surface area contributed by atoms with Crippen molar-refractivity contribution >= 4 is 17.5 Å². The summed E-state index contributed by atoms with van der Waals surface area (Å²) in [5, 5.41) is 0. The molecule has 16 heavy (non-hydrogen) atoms. The van der Waals surface area contributed by atoms with Crippen LogP contribution in [0.5, 0.6) is 0 Å². The van der Waals surface area contributed by atoms with E-state index in [9.17, 15) is 9.59 Å². The average Bonchev–Trinajstić information content (AvgIpc) is 2.65. The molecule has 2 N–H and O–H groups in total. The van der Waals surface area contributed by atoms with Crippen LogP contribution in [-0.4, -0.2) is 18.4 Å². The first kappa shape index (κ1) is 10.7. The summed E-state index contributed by atoms with van der Waals surface area (Å²) in [7, 11) is 0. The van der Waals surface area contributed by atoms with Crippen LogP contribution in [0.25, 0.3) is 0 Å². The number of anilines is 1. The predicted octanol–water partition coefficient (Wildman–Crippen LogP) is 0.841. The highest BCUT2D eigenvalue weighted by Crippen LogP contribution is 2.21. The zero-order valence-electron chi connectivity index (χ0n) is 8.98. The fraction of sp³-hybridized carbons (Fsp3) is 0.333. The Hall–Kier alpha value is -1.84. The molecular formula is C12H14N2O2. The molecule has 1 heterocycles. The molecular weight excluding hydrogens is 204 g/mol. The Kier molecular flexibility index (Phi) is 2.90. The lowest BCUT2D eigenvalue weighted by molar-refractivity contribution is -0.118. The van der Waals surface area contributed by atoms with E-state index in [1.807, 2.05) is 24.3 Å². The van der Waals surface area contributed by atoms with Gasteiger partial charge in [0.05, 0.1) is 6.42 Å². The van der Waals surface area contributed by atoms with Gasteiger partial charge < -0.3 is 10.6 Å². The first-order valence-corrected chi connectivity index (χ1v) is 5.34. The van der Waals surface area contributed by atoms with Gasteiger partial charge in [0, 0.05) is 18.7 Å². The van der Waals surface area contributed by atoms with Gasteiger partial charge >= 0.3 is 0 Å². The molecule has 0 atom stereocenters. The molecule has 1 aromatic carbocycles. The predicted molar refractivity (Wildman–Crippen MR) is 60.9 cm³/mol. The Bertz CT molecular complexity index is 412. The Morgan fingerprint density at radius 2 is 2.00 bits per heavy atom. The molecule has 1 fully saturated rings. The van der Waals surface area contributed by atoms with Gasteiger partial charge in [-0.05, 0) is 24.1 Å². The van der Waals surface area contributed by atoms with Gasteiger partial charge in [-0.25, -0.2) is 0 Å². The second-order valence-corrected chi connectivity index (χ2v) is 3.96. The molecule has 4 nitrogen and oxygen atoms in total. The molecule has 0 aliphatic carbocycles. The van der Waals surface area contributed by atoms with Crippen LogP contribution in [0.15, 0.2) is 24.3 Å². The molecule has 2 rings (SSSR count). The van der Waals surface area contributed by atoms with Crippen LogP contribution in [0, 0.1) is 0 Å². The SMILES string of the molecule is NC(=O)Cc1ccc(N2CCCC2=O)cc1. The highest BCUT2D eigenvalue weighted by molar-refractivity contribution is 5.95. The highest BCUT2D eigenvalue weighted by atomic mass is 16.2. The van der Waals surface area contributed by atoms with Gasteiger partial charge in [0.1, 0.15) is 0 Å². The number of carbonyl (C=O) groups is 2. The van der Waals surface area contributed by atoms with Crippen molar-refractivity contribution in [3.63, 3.8) is 0 Å². The van der Waals surface area contributed by atoms with E-state index in [1.54, 1.807) is 4.90 Å². The van der Waals surface area contributed by atoms with Crippen molar-refractivity contribution in [2.24, 2.45) is 5.73 Å². The summed E-state index contributed by atoms with van der Waals surface area (Å²) >= 11 is 0. The van der Waals surface area contributed by atoms with Gasteiger partial charge in [-0.2, -0.15) is 0 Å². The maximum atomic E-state index is 11.5. The fourth-order valence-corrected chi connectivity index (χ4v) is 1.92. The van der Waals surface area contributed by atoms with Crippen molar-refractivity contribution in [2.75, 3.05) is 11.4 Å². The smallest absolute Gasteiger partial charge is 0.227 e. The van der Waals surface area contributed by atoms with Gasteiger partial charge in [0.25, 0.3) is 0 Å². The summed E-state index contributed by atoms with van der Waals surface area (Å²) < 4.78 is 0. The number of benzene rings is 1. The van der Waals surface area contributed by atoms with E-state index in [0.29, 0.717) is 6.42 Å². The van der Waals surface area contributed by atoms with Crippen molar-refractivity contribution in [3.8, 4) is 0 Å². The maximum absolute atomic E-state index is 11.5. The van der Waals surface area contributed by atoms with Crippen LogP contribution in [0.4, 0.5) is 5.69 Å². The van der Waals surface area contributed by atoms with Gasteiger partial charge in [-0.1, -0.05) is 12.1 Å². The summed E-state index contributed by atoms with van der Waals surface area (Å²) in [6.45, 7) is 0.786. The van der Waals surface area contributed by atoms with Crippen molar-refractivity contribution in [3.05, 3.63) is 29.8 Å². The third-order valence-electron chi connectivity index (χ3n) is 2.70. The fourth-order valence-electron chi connectivity index (χ4n) is 1.92. The van der Waals surface area contributed by atoms with E-state index >= 15 is 0 Å². The molecule has 0 aromatic heterocycles. The average molecular weight is 218 g/mol. The number of hydrogen-bond donors (Lipinski definition) is 1. The Morgan fingerprint density at radius 3 is 2.50 bits per heavy atom. The summed E-state index contributed by atoms with van der Waals surface area (Å²) in [5.41, 5.74) is 6.88. The van der Waals surface area contributed by atoms with E-state index in [1.165, 1.54) is 0 Å². The van der Waals surface area contributed by atoms with E-state index < -0.39 is 0 Å². The van der Waals surface area contributed by atoms with Crippen molar-refractivity contribution in [1.82, 2.24) is 0 Å². The lowest BCUT2D eigenvalue weighted by Crippen LogP contribution is -2.23. The van der Waals surface area contributed by atoms with Crippen LogP contribution >= 0.6 is 0 Å². The Balaban J connectivity index is 2.12. The standard InChI is InChI=1S/C12H14N2O2/c13-11(15)8-9-3-5-10(6-4-9)14-7-1-2-12(14)16/h3-6H,1-2,7-8H2,(H2,13,15). The highest BCUT2D eigenvalue weighted by Gasteiger charge is 2.21. The summed E-state index contributed by atoms with van der Waals surface area (Å²) in [5.74, 6) is -0.173. The minimum absolute atomic E-state index is 0.169. The number of nitrogens with zero attached hydrogens (tertiary/aromatic N) is 1. The molecule has 1 aliphatic rings. The number of primary amides is 1. The second kappa shape index (κ2) is 4.35. The van der Waals surface area contributed by atoms with Crippen LogP contribution in [-0.2, 0) is 16.0 Å². The lowest BCUT2D eigenvalue weighted by Gasteiger charge is -2.15. The van der Waals surface area contributed by atoms with E-state index in [-0.39, 0.29) is 18.2 Å². The first-order chi connectivity index (χ1) is 7.66. The number of hydrogen-bond acceptors (Lipinski definition) is 2. The molecule has 1 aliphatic heterocycles. The molecule has 84 valence electrons. The summed E-state index contributed by atoms with van der Waals surface area (Å²) in [6, 6.07) is 7.40. The number of rotatable bonds is 3. The Labute approximate surface area is 94.0 Å². The third kappa shape index (κ3) is 2.21. The topological polar surface area (TPSA) is 63.4 Å². The van der Waals surface area contributed by atoms with Crippen molar-refractivity contribution in [2.45, 2.75) is 19.3 Å². The lowest BCUT2D eigenvalue weighted by atomic mass is 10.1. The molecule has 0 spiro atoms. The van der Waals surface area contributed by atoms with Crippen LogP contribution in [0.2, 0.25) is 0 Å². The first-order valence-electron chi connectivity index (χ1n) is 5.34. The Morgan fingerprint density at radius 1 is 1.31 bits per heavy atom. The molecule has 0 unspecified atom stereocenters. The van der Waals surface area contributed by atoms with Crippen molar-refractivity contribution in [1.29, 1.82) is 0 Å². The number of carbonyl (C=O) groups excluding carboxylic acids is 2. The number of nitrogens with two attached hydrogens (primary N) is 1. The molecule has 2 amide bonds. The van der Waals surface area contributed by atoms with Crippen LogP contribution in [0.3, 0.4) is 0 Å². The molecule has 4 heteroatoms. The molecule has 0 radical (unpaired) electrons. The largest absolute Gasteiger partial charge is 0.369 e. The van der Waals surface area contributed by atoms with E-state index in [0.717, 1.165) is 24.2 Å². The zero-order chi connectivity index (χ0) is 11.5. The van der Waals surface area contributed by atoms with E-state index in [2.05, 4.69) is 0 Å². The molecule has 0 saturated carbocycles. The van der Waals surface area contributed by atoms with Gasteiger partial charge in [-0.3, -0.25) is 9.59 Å². The zero-order valence-corrected chi connectivity index (χ0v) is 8.98. The second-order valence-electron chi connectivity index (χ2n) is 3.96. The maximum Gasteiger partial charge on any atom is 0.227 e. The van der Waals surface area contributed by atoms with Gasteiger partial charge in [0.2, 0.25) is 11.8 Å². The third-order valence-corrected chi connectivity index (χ3v) is 2.70. The van der Waals surface area contributed by atoms with E-state index in [4.69, 9.17) is 5.73 Å². The monoisotopic (exact) mass is 218 g/mol. The van der Waals surface area contributed by atoms with Gasteiger partial charge in [-0.15, -0.1) is 0 Å². The quantitative estimate of drug-likeness (QED) is 0.817. The minimum atomic E-state index is -0.343. The summed E-state index contributed by atoms with van der Waals surface area (Å²) in [6.07, 6.45) is 1.79. The van der Waals surface area contributed by atoms with Gasteiger partial charge in [0.15, 0.2) is 0 Å². The minimum Gasteiger partial charge on any atom is -0.369 e. The molecule has 1 aromatic rings. The normalized spacial score (nSPS) is 15.5. The van der Waals surface area contributed by atoms with Crippen molar-refractivity contribution < 1.29 is 9.59 Å². The van der Waals surface area contributed by atoms with Crippen LogP contribution < -0.4 is 10.6 Å². The number of amides is 2. The summed E-state index contributed by atoms with van der Waals surface area (Å²) in [4.78, 5) is 24.0.